The number of nitrogens with zero attached hydrogens (tertiary/aromatic N) is 3. The highest BCUT2D eigenvalue weighted by Gasteiger charge is 2.63. The van der Waals surface area contributed by atoms with Crippen LogP contribution in [0.5, 0.6) is 28.7 Å². The topological polar surface area (TPSA) is 184 Å². The standard InChI is InChI=1S/C40H41Cl3N4O12S/c1-7-9-53-34-26-21(11-18(3)31(34)52-6)12-23-24(13-44)46-25-14-55-37(49)22(45-38(50)56-16-40(41,42)43)15-60-36(30(46)29(26)47(23)39(51)54-10-8-2)28-27(25)35-33(57-17-58-35)19(4)32(28)59-20(5)48/h7-8,11,22-25,29-30,36H,1-2,9-10,12,14-17H2,3-6H3,(H,45,50)/t22-,23+,24-,25-,29-,30+,36+/m0/s1. The van der Waals surface area contributed by atoms with Gasteiger partial charge in [-0.05, 0) is 31.4 Å². The van der Waals surface area contributed by atoms with E-state index in [4.69, 9.17) is 72.7 Å². The molecule has 2 aromatic carbocycles. The van der Waals surface area contributed by atoms with Crippen molar-refractivity contribution in [3.8, 4) is 34.8 Å². The molecule has 1 N–H and O–H groups in total. The van der Waals surface area contributed by atoms with Crippen molar-refractivity contribution in [1.29, 1.82) is 5.26 Å². The van der Waals surface area contributed by atoms with Crippen molar-refractivity contribution in [2.75, 3.05) is 46.1 Å². The summed E-state index contributed by atoms with van der Waals surface area (Å²) in [5.74, 6) is -0.00739. The molecule has 7 atom stereocenters. The molecule has 0 radical (unpaired) electrons. The molecule has 20 heteroatoms. The molecule has 2 fully saturated rings. The molecule has 60 heavy (non-hydrogen) atoms. The van der Waals surface area contributed by atoms with Crippen LogP contribution in [0.15, 0.2) is 31.4 Å². The zero-order valence-corrected chi connectivity index (χ0v) is 36.0. The second-order valence-electron chi connectivity index (χ2n) is 14.5. The molecule has 2 amide bonds. The Bertz CT molecular complexity index is 2180. The number of piperazine rings is 1. The molecule has 320 valence electrons. The number of esters is 2. The molecule has 7 rings (SSSR count). The van der Waals surface area contributed by atoms with E-state index in [0.717, 1.165) is 11.1 Å². The number of nitrogens with one attached hydrogen (secondary N) is 1. The smallest absolute Gasteiger partial charge is 0.411 e. The average molecular weight is 908 g/mol. The molecule has 2 aromatic rings. The first kappa shape index (κ1) is 43.4. The first-order valence-electron chi connectivity index (χ1n) is 18.7. The maximum Gasteiger partial charge on any atom is 0.411 e. The van der Waals surface area contributed by atoms with Gasteiger partial charge in [-0.15, -0.1) is 11.8 Å². The quantitative estimate of drug-likeness (QED) is 0.0979. The van der Waals surface area contributed by atoms with Crippen molar-refractivity contribution in [1.82, 2.24) is 15.1 Å². The Balaban J connectivity index is 1.52. The van der Waals surface area contributed by atoms with Crippen LogP contribution in [-0.2, 0) is 30.2 Å². The van der Waals surface area contributed by atoms with Crippen LogP contribution in [0.3, 0.4) is 0 Å². The molecular formula is C40H41Cl3N4O12S. The highest BCUT2D eigenvalue weighted by molar-refractivity contribution is 7.99. The van der Waals surface area contributed by atoms with E-state index in [2.05, 4.69) is 24.5 Å². The number of carbonyl (C=O) groups is 4. The molecule has 0 spiro atoms. The van der Waals surface area contributed by atoms with Crippen molar-refractivity contribution in [3.05, 3.63) is 64.8 Å². The van der Waals surface area contributed by atoms with Gasteiger partial charge in [-0.1, -0.05) is 66.2 Å². The Morgan fingerprint density at radius 1 is 1.05 bits per heavy atom. The van der Waals surface area contributed by atoms with Crippen molar-refractivity contribution in [2.45, 2.75) is 72.5 Å². The van der Waals surface area contributed by atoms with E-state index in [0.29, 0.717) is 45.3 Å². The van der Waals surface area contributed by atoms with Crippen LogP contribution in [0.1, 0.15) is 57.6 Å². The van der Waals surface area contributed by atoms with E-state index in [-0.39, 0.29) is 44.5 Å². The van der Waals surface area contributed by atoms with Gasteiger partial charge in [0.15, 0.2) is 23.0 Å². The number of thioether (sulfide) groups is 1. The lowest BCUT2D eigenvalue weighted by Gasteiger charge is -2.61. The number of alkyl halides is 3. The van der Waals surface area contributed by atoms with Gasteiger partial charge in [0.2, 0.25) is 10.6 Å². The van der Waals surface area contributed by atoms with Crippen LogP contribution < -0.4 is 29.0 Å². The third-order valence-corrected chi connectivity index (χ3v) is 12.6. The zero-order valence-electron chi connectivity index (χ0n) is 32.9. The summed E-state index contributed by atoms with van der Waals surface area (Å²) in [5.41, 5.74) is 3.57. The van der Waals surface area contributed by atoms with Gasteiger partial charge in [-0.25, -0.2) is 14.4 Å². The number of halogens is 3. The number of methoxy groups -OCH3 is 1. The number of rotatable bonds is 9. The lowest BCUT2D eigenvalue weighted by Crippen LogP contribution is -2.71. The number of alkyl carbamates (subject to hydrolysis) is 1. The minimum atomic E-state index is -1.92. The van der Waals surface area contributed by atoms with E-state index in [1.807, 2.05) is 17.9 Å². The van der Waals surface area contributed by atoms with E-state index < -0.39 is 76.0 Å². The van der Waals surface area contributed by atoms with Gasteiger partial charge in [0.25, 0.3) is 0 Å². The van der Waals surface area contributed by atoms with Crippen LogP contribution in [0.4, 0.5) is 9.59 Å². The number of nitriles is 1. The minimum Gasteiger partial charge on any atom is -0.493 e. The van der Waals surface area contributed by atoms with E-state index in [1.54, 1.807) is 17.9 Å². The van der Waals surface area contributed by atoms with Gasteiger partial charge in [0, 0.05) is 34.9 Å². The molecule has 0 unspecified atom stereocenters. The number of amides is 2. The summed E-state index contributed by atoms with van der Waals surface area (Å²) in [6.07, 6.45) is 1.46. The molecule has 5 heterocycles. The number of ether oxygens (including phenoxy) is 8. The Hall–Kier alpha value is -4.73. The Morgan fingerprint density at radius 2 is 1.78 bits per heavy atom. The van der Waals surface area contributed by atoms with Gasteiger partial charge < -0.3 is 43.2 Å². The van der Waals surface area contributed by atoms with Crippen molar-refractivity contribution < 1.29 is 57.1 Å². The number of aryl methyl sites for hydroxylation is 1. The van der Waals surface area contributed by atoms with E-state index in [9.17, 15) is 24.4 Å². The molecular weight excluding hydrogens is 867 g/mol. The number of carbonyl (C=O) groups excluding carboxylic acids is 4. The Morgan fingerprint density at radius 3 is 2.45 bits per heavy atom. The summed E-state index contributed by atoms with van der Waals surface area (Å²) in [6.45, 7) is 11.2. The predicted octanol–water partition coefficient (Wildman–Crippen LogP) is 6.25. The van der Waals surface area contributed by atoms with Crippen LogP contribution in [0.2, 0.25) is 0 Å². The predicted molar refractivity (Wildman–Crippen MR) is 218 cm³/mol. The maximum atomic E-state index is 14.5. The second kappa shape index (κ2) is 17.3. The van der Waals surface area contributed by atoms with Crippen LogP contribution >= 0.6 is 46.6 Å². The van der Waals surface area contributed by atoms with Crippen molar-refractivity contribution in [2.24, 2.45) is 0 Å². The largest absolute Gasteiger partial charge is 0.493 e. The maximum absolute atomic E-state index is 14.5. The third-order valence-electron chi connectivity index (χ3n) is 10.9. The summed E-state index contributed by atoms with van der Waals surface area (Å²) < 4.78 is 45.5. The van der Waals surface area contributed by atoms with Gasteiger partial charge in [0.1, 0.15) is 44.3 Å². The molecule has 0 saturated carbocycles. The molecule has 2 saturated heterocycles. The lowest BCUT2D eigenvalue weighted by atomic mass is 9.71. The third kappa shape index (κ3) is 7.72. The first-order valence-corrected chi connectivity index (χ1v) is 20.9. The number of cyclic esters (lactones) is 1. The molecule has 5 aliphatic heterocycles. The monoisotopic (exact) mass is 906 g/mol. The summed E-state index contributed by atoms with van der Waals surface area (Å²) in [4.78, 5) is 57.9. The number of benzene rings is 2. The fourth-order valence-corrected chi connectivity index (χ4v) is 10.5. The first-order chi connectivity index (χ1) is 28.6. The van der Waals surface area contributed by atoms with Gasteiger partial charge in [0.05, 0.1) is 42.6 Å². The van der Waals surface area contributed by atoms with Crippen LogP contribution in [0.25, 0.3) is 0 Å². The van der Waals surface area contributed by atoms with Crippen LogP contribution in [0, 0.1) is 25.2 Å². The zero-order chi connectivity index (χ0) is 43.2. The minimum absolute atomic E-state index is 0.0824. The molecule has 0 aromatic heterocycles. The van der Waals surface area contributed by atoms with Gasteiger partial charge >= 0.3 is 24.1 Å². The summed E-state index contributed by atoms with van der Waals surface area (Å²) in [5, 5.41) is 12.9. The molecule has 5 aliphatic rings. The highest BCUT2D eigenvalue weighted by atomic mass is 35.6. The summed E-state index contributed by atoms with van der Waals surface area (Å²) in [6, 6.07) is -1.52. The van der Waals surface area contributed by atoms with Gasteiger partial charge in [-0.2, -0.15) is 5.26 Å². The fraction of sp³-hybridized carbons (Fsp3) is 0.475. The van der Waals surface area contributed by atoms with E-state index >= 15 is 0 Å². The second-order valence-corrected chi connectivity index (χ2v) is 18.1. The van der Waals surface area contributed by atoms with Crippen LogP contribution in [-0.4, -0.2) is 108 Å². The summed E-state index contributed by atoms with van der Waals surface area (Å²) >= 11 is 18.6. The molecule has 0 aliphatic carbocycles. The number of hydrogen-bond acceptors (Lipinski definition) is 15. The van der Waals surface area contributed by atoms with Crippen molar-refractivity contribution in [3.63, 3.8) is 0 Å². The average Bonchev–Trinajstić information content (AvgIpc) is 3.70. The number of hydrogen-bond donors (Lipinski definition) is 1. The fourth-order valence-electron chi connectivity index (χ4n) is 8.86. The molecule has 16 nitrogen and oxygen atoms in total. The van der Waals surface area contributed by atoms with Gasteiger partial charge in [-0.3, -0.25) is 14.6 Å². The highest BCUT2D eigenvalue weighted by Crippen LogP contribution is 2.64. The normalized spacial score (nSPS) is 24.9. The lowest BCUT2D eigenvalue weighted by molar-refractivity contribution is -0.151. The van der Waals surface area contributed by atoms with E-state index in [1.165, 1.54) is 31.9 Å². The Labute approximate surface area is 364 Å². The summed E-state index contributed by atoms with van der Waals surface area (Å²) in [7, 11) is 1.52. The SMILES string of the molecule is C=CCOC(=O)N1[C@@H]2Cc3cc(C)c(OC)c(OCC=C)c3[C@H]1[C@@H]1[C@@H]3SC[C@H](NC(=O)OCC(Cl)(Cl)Cl)C(=O)OC[C@@H](c4c5c(c(C)c(OC(C)=O)c43)OCO5)N1[C@H]2C#N. The number of fused-ring (bicyclic) bond motifs is 9. The van der Waals surface area contributed by atoms with Crippen molar-refractivity contribution >= 4 is 70.7 Å². The Kier molecular flexibility index (Phi) is 12.5. The molecule has 4 bridgehead atoms.